The first kappa shape index (κ1) is 11.5. The standard InChI is InChI=1S/C13H23N3/c1-4-11-15-12(10-6-5-7-10)13(14)16(11)8-9(2)3/h9-10H,4-8,14H2,1-3H3. The molecule has 0 spiro atoms. The number of anilines is 1. The van der Waals surface area contributed by atoms with Crippen LogP contribution in [0.3, 0.4) is 0 Å². The van der Waals surface area contributed by atoms with Gasteiger partial charge in [-0.05, 0) is 18.8 Å². The Bertz CT molecular complexity index is 361. The minimum Gasteiger partial charge on any atom is -0.384 e. The molecule has 1 heterocycles. The van der Waals surface area contributed by atoms with Crippen LogP contribution in [-0.2, 0) is 13.0 Å². The van der Waals surface area contributed by atoms with Crippen molar-refractivity contribution >= 4 is 5.82 Å². The maximum absolute atomic E-state index is 6.24. The van der Waals surface area contributed by atoms with Gasteiger partial charge in [-0.1, -0.05) is 27.2 Å². The molecule has 3 heteroatoms. The molecular weight excluding hydrogens is 198 g/mol. The van der Waals surface area contributed by atoms with Gasteiger partial charge in [-0.2, -0.15) is 0 Å². The van der Waals surface area contributed by atoms with E-state index in [4.69, 9.17) is 10.7 Å². The van der Waals surface area contributed by atoms with Crippen LogP contribution in [0.15, 0.2) is 0 Å². The molecule has 0 unspecified atom stereocenters. The number of nitrogen functional groups attached to an aromatic ring is 1. The van der Waals surface area contributed by atoms with Gasteiger partial charge < -0.3 is 10.3 Å². The van der Waals surface area contributed by atoms with Gasteiger partial charge in [0.25, 0.3) is 0 Å². The molecule has 1 aromatic rings. The van der Waals surface area contributed by atoms with Gasteiger partial charge >= 0.3 is 0 Å². The topological polar surface area (TPSA) is 43.8 Å². The Kier molecular flexibility index (Phi) is 3.22. The number of rotatable bonds is 4. The summed E-state index contributed by atoms with van der Waals surface area (Å²) in [5.74, 6) is 3.35. The average Bonchev–Trinajstić information content (AvgIpc) is 2.43. The Balaban J connectivity index is 2.30. The predicted octanol–water partition coefficient (Wildman–Crippen LogP) is 2.95. The van der Waals surface area contributed by atoms with Crippen molar-refractivity contribution in [2.24, 2.45) is 5.92 Å². The molecule has 0 atom stereocenters. The minimum absolute atomic E-state index is 0.621. The monoisotopic (exact) mass is 221 g/mol. The van der Waals surface area contributed by atoms with Crippen molar-refractivity contribution in [1.29, 1.82) is 0 Å². The third-order valence-corrected chi connectivity index (χ3v) is 3.47. The van der Waals surface area contributed by atoms with Crippen molar-refractivity contribution in [1.82, 2.24) is 9.55 Å². The third-order valence-electron chi connectivity index (χ3n) is 3.47. The summed E-state index contributed by atoms with van der Waals surface area (Å²) < 4.78 is 2.22. The number of nitrogens with two attached hydrogens (primary N) is 1. The molecule has 16 heavy (non-hydrogen) atoms. The number of aryl methyl sites for hydroxylation is 1. The first-order valence-corrected chi connectivity index (χ1v) is 6.48. The van der Waals surface area contributed by atoms with E-state index in [1.807, 2.05) is 0 Å². The molecule has 90 valence electrons. The first-order valence-electron chi connectivity index (χ1n) is 6.48. The van der Waals surface area contributed by atoms with E-state index in [9.17, 15) is 0 Å². The van der Waals surface area contributed by atoms with Gasteiger partial charge in [0.05, 0.1) is 5.69 Å². The SMILES string of the molecule is CCc1nc(C2CCC2)c(N)n1CC(C)C. The maximum atomic E-state index is 6.24. The number of nitrogens with zero attached hydrogens (tertiary/aromatic N) is 2. The molecule has 0 aromatic carbocycles. The fraction of sp³-hybridized carbons (Fsp3) is 0.769. The zero-order valence-electron chi connectivity index (χ0n) is 10.7. The zero-order valence-corrected chi connectivity index (χ0v) is 10.7. The lowest BCUT2D eigenvalue weighted by Gasteiger charge is -2.24. The van der Waals surface area contributed by atoms with Crippen LogP contribution in [0.5, 0.6) is 0 Å². The molecule has 0 aliphatic heterocycles. The van der Waals surface area contributed by atoms with E-state index in [-0.39, 0.29) is 0 Å². The van der Waals surface area contributed by atoms with Crippen molar-refractivity contribution in [2.45, 2.75) is 58.9 Å². The lowest BCUT2D eigenvalue weighted by Crippen LogP contribution is -2.13. The van der Waals surface area contributed by atoms with Gasteiger partial charge in [-0.3, -0.25) is 0 Å². The molecule has 1 aliphatic carbocycles. The highest BCUT2D eigenvalue weighted by Crippen LogP contribution is 2.38. The second-order valence-corrected chi connectivity index (χ2v) is 5.28. The lowest BCUT2D eigenvalue weighted by atomic mass is 9.83. The van der Waals surface area contributed by atoms with Crippen LogP contribution in [0.2, 0.25) is 0 Å². The molecule has 2 N–H and O–H groups in total. The van der Waals surface area contributed by atoms with E-state index >= 15 is 0 Å². The summed E-state index contributed by atoms with van der Waals surface area (Å²) in [5, 5.41) is 0. The lowest BCUT2D eigenvalue weighted by molar-refractivity contribution is 0.413. The normalized spacial score (nSPS) is 16.8. The molecule has 1 aliphatic rings. The van der Waals surface area contributed by atoms with E-state index in [2.05, 4.69) is 25.3 Å². The van der Waals surface area contributed by atoms with Crippen molar-refractivity contribution in [3.05, 3.63) is 11.5 Å². The van der Waals surface area contributed by atoms with Crippen molar-refractivity contribution < 1.29 is 0 Å². The zero-order chi connectivity index (χ0) is 11.7. The van der Waals surface area contributed by atoms with Crippen LogP contribution in [0.1, 0.15) is 57.5 Å². The van der Waals surface area contributed by atoms with E-state index in [1.54, 1.807) is 0 Å². The van der Waals surface area contributed by atoms with Crippen LogP contribution >= 0.6 is 0 Å². The van der Waals surface area contributed by atoms with Gasteiger partial charge in [0.2, 0.25) is 0 Å². The Morgan fingerprint density at radius 3 is 2.56 bits per heavy atom. The second-order valence-electron chi connectivity index (χ2n) is 5.28. The second kappa shape index (κ2) is 4.48. The average molecular weight is 221 g/mol. The molecule has 0 saturated heterocycles. The van der Waals surface area contributed by atoms with Crippen molar-refractivity contribution in [3.63, 3.8) is 0 Å². The van der Waals surface area contributed by atoms with Gasteiger partial charge in [0, 0.05) is 18.9 Å². The van der Waals surface area contributed by atoms with Crippen molar-refractivity contribution in [2.75, 3.05) is 5.73 Å². The fourth-order valence-electron chi connectivity index (χ4n) is 2.35. The highest BCUT2D eigenvalue weighted by molar-refractivity contribution is 5.41. The minimum atomic E-state index is 0.621. The molecule has 1 aromatic heterocycles. The van der Waals surface area contributed by atoms with Crippen LogP contribution in [0, 0.1) is 5.92 Å². The van der Waals surface area contributed by atoms with Crippen LogP contribution in [0.4, 0.5) is 5.82 Å². The Labute approximate surface area is 98.1 Å². The fourth-order valence-corrected chi connectivity index (χ4v) is 2.35. The molecule has 2 rings (SSSR count). The third kappa shape index (κ3) is 1.95. The summed E-state index contributed by atoms with van der Waals surface area (Å²) in [7, 11) is 0. The summed E-state index contributed by atoms with van der Waals surface area (Å²) >= 11 is 0. The van der Waals surface area contributed by atoms with E-state index < -0.39 is 0 Å². The van der Waals surface area contributed by atoms with E-state index in [0.29, 0.717) is 11.8 Å². The number of aromatic nitrogens is 2. The molecule has 0 bridgehead atoms. The molecule has 1 fully saturated rings. The summed E-state index contributed by atoms with van der Waals surface area (Å²) in [6.07, 6.45) is 4.85. The molecular formula is C13H23N3. The van der Waals surface area contributed by atoms with Crippen LogP contribution in [0.25, 0.3) is 0 Å². The predicted molar refractivity (Wildman–Crippen MR) is 67.4 cm³/mol. The van der Waals surface area contributed by atoms with E-state index in [1.165, 1.54) is 25.0 Å². The quantitative estimate of drug-likeness (QED) is 0.849. The molecule has 3 nitrogen and oxygen atoms in total. The van der Waals surface area contributed by atoms with Gasteiger partial charge in [0.15, 0.2) is 0 Å². The molecule has 0 radical (unpaired) electrons. The van der Waals surface area contributed by atoms with Gasteiger partial charge in [0.1, 0.15) is 11.6 Å². The van der Waals surface area contributed by atoms with E-state index in [0.717, 1.165) is 24.6 Å². The van der Waals surface area contributed by atoms with Crippen molar-refractivity contribution in [3.8, 4) is 0 Å². The molecule has 0 amide bonds. The number of hydrogen-bond donors (Lipinski definition) is 1. The summed E-state index contributed by atoms with van der Waals surface area (Å²) in [6, 6.07) is 0. The van der Waals surface area contributed by atoms with Crippen LogP contribution < -0.4 is 5.73 Å². The Hall–Kier alpha value is -0.990. The summed E-state index contributed by atoms with van der Waals surface area (Å²) in [6.45, 7) is 7.60. The molecule has 1 saturated carbocycles. The van der Waals surface area contributed by atoms with Gasteiger partial charge in [-0.15, -0.1) is 0 Å². The first-order chi connectivity index (χ1) is 7.63. The highest BCUT2D eigenvalue weighted by Gasteiger charge is 2.26. The highest BCUT2D eigenvalue weighted by atomic mass is 15.1. The summed E-state index contributed by atoms with van der Waals surface area (Å²) in [5.41, 5.74) is 7.41. The van der Waals surface area contributed by atoms with Gasteiger partial charge in [-0.25, -0.2) is 4.98 Å². The number of imidazole rings is 1. The Morgan fingerprint density at radius 2 is 2.12 bits per heavy atom. The largest absolute Gasteiger partial charge is 0.384 e. The number of hydrogen-bond acceptors (Lipinski definition) is 2. The smallest absolute Gasteiger partial charge is 0.127 e. The Morgan fingerprint density at radius 1 is 1.44 bits per heavy atom. The van der Waals surface area contributed by atoms with Crippen LogP contribution in [-0.4, -0.2) is 9.55 Å². The maximum Gasteiger partial charge on any atom is 0.127 e. The summed E-state index contributed by atoms with van der Waals surface area (Å²) in [4.78, 5) is 4.74.